The molecule has 1 aliphatic heterocycles. The Morgan fingerprint density at radius 1 is 1.19 bits per heavy atom. The van der Waals surface area contributed by atoms with E-state index in [0.29, 0.717) is 17.2 Å². The first-order valence-electron chi connectivity index (χ1n) is 6.91. The van der Waals surface area contributed by atoms with Gasteiger partial charge >= 0.3 is 0 Å². The van der Waals surface area contributed by atoms with Crippen molar-refractivity contribution in [2.75, 3.05) is 6.54 Å². The summed E-state index contributed by atoms with van der Waals surface area (Å²) in [4.78, 5) is 0.334. The van der Waals surface area contributed by atoms with E-state index in [4.69, 9.17) is 4.42 Å². The van der Waals surface area contributed by atoms with Gasteiger partial charge in [-0.25, -0.2) is 8.42 Å². The largest absolute Gasteiger partial charge is 0.465 e. The molecule has 21 heavy (non-hydrogen) atoms. The molecule has 0 unspecified atom stereocenters. The number of rotatable bonds is 3. The van der Waals surface area contributed by atoms with Gasteiger partial charge in [-0.3, -0.25) is 4.31 Å². The first-order valence-corrected chi connectivity index (χ1v) is 8.35. The lowest BCUT2D eigenvalue weighted by molar-refractivity contribution is 0.510. The van der Waals surface area contributed by atoms with Crippen molar-refractivity contribution in [1.29, 1.82) is 0 Å². The number of benzene rings is 1. The van der Waals surface area contributed by atoms with Crippen molar-refractivity contribution in [3.8, 4) is 0 Å². The van der Waals surface area contributed by atoms with Gasteiger partial charge in [-0.2, -0.15) is 0 Å². The summed E-state index contributed by atoms with van der Waals surface area (Å²) >= 11 is 0. The number of sulfonamides is 1. The standard InChI is InChI=1S/C16H17NO3S/c1-13-6-8-16(9-7-13)21(18,19)17-10-2-4-14(17)12-15-5-3-11-20-15/h3,5-9,11-12H,2,4,10H2,1H3/b14-12+. The van der Waals surface area contributed by atoms with Crippen molar-refractivity contribution in [2.45, 2.75) is 24.7 Å². The van der Waals surface area contributed by atoms with Crippen molar-refractivity contribution < 1.29 is 12.8 Å². The van der Waals surface area contributed by atoms with E-state index < -0.39 is 10.0 Å². The maximum Gasteiger partial charge on any atom is 0.264 e. The minimum Gasteiger partial charge on any atom is -0.465 e. The van der Waals surface area contributed by atoms with Gasteiger partial charge in [0.05, 0.1) is 11.2 Å². The quantitative estimate of drug-likeness (QED) is 0.873. The van der Waals surface area contributed by atoms with E-state index in [9.17, 15) is 8.42 Å². The summed E-state index contributed by atoms with van der Waals surface area (Å²) in [7, 11) is -3.48. The molecule has 0 bridgehead atoms. The summed E-state index contributed by atoms with van der Waals surface area (Å²) in [5, 5.41) is 0. The van der Waals surface area contributed by atoms with Crippen molar-refractivity contribution in [3.05, 3.63) is 59.7 Å². The fraction of sp³-hybridized carbons (Fsp3) is 0.250. The summed E-state index contributed by atoms with van der Waals surface area (Å²) < 4.78 is 32.2. The second-order valence-electron chi connectivity index (χ2n) is 5.14. The first-order chi connectivity index (χ1) is 10.1. The van der Waals surface area contributed by atoms with E-state index in [0.717, 1.165) is 24.1 Å². The lowest BCUT2D eigenvalue weighted by Crippen LogP contribution is -2.26. The topological polar surface area (TPSA) is 50.5 Å². The van der Waals surface area contributed by atoms with E-state index >= 15 is 0 Å². The van der Waals surface area contributed by atoms with Gasteiger partial charge in [0.25, 0.3) is 10.0 Å². The van der Waals surface area contributed by atoms with Crippen LogP contribution >= 0.6 is 0 Å². The minimum atomic E-state index is -3.48. The molecule has 0 radical (unpaired) electrons. The van der Waals surface area contributed by atoms with E-state index in [1.807, 2.05) is 25.1 Å². The summed E-state index contributed by atoms with van der Waals surface area (Å²) in [5.41, 5.74) is 1.83. The Balaban J connectivity index is 1.96. The molecule has 0 saturated carbocycles. The highest BCUT2D eigenvalue weighted by molar-refractivity contribution is 7.89. The molecule has 0 N–H and O–H groups in total. The Bertz CT molecular complexity index is 743. The second kappa shape index (κ2) is 5.41. The third-order valence-electron chi connectivity index (χ3n) is 3.58. The molecule has 2 heterocycles. The molecule has 0 atom stereocenters. The zero-order valence-corrected chi connectivity index (χ0v) is 12.6. The van der Waals surface area contributed by atoms with Gasteiger partial charge < -0.3 is 4.42 Å². The highest BCUT2D eigenvalue weighted by Gasteiger charge is 2.30. The van der Waals surface area contributed by atoms with Crippen molar-refractivity contribution >= 4 is 16.1 Å². The summed E-state index contributed by atoms with van der Waals surface area (Å²) in [5.74, 6) is 0.677. The predicted octanol–water partition coefficient (Wildman–Crippen LogP) is 3.41. The molecule has 1 aliphatic rings. The van der Waals surface area contributed by atoms with Crippen LogP contribution in [0.15, 0.2) is 57.7 Å². The van der Waals surface area contributed by atoms with Gasteiger partial charge in [0.15, 0.2) is 0 Å². The molecule has 1 saturated heterocycles. The van der Waals surface area contributed by atoms with Gasteiger partial charge in [-0.15, -0.1) is 0 Å². The van der Waals surface area contributed by atoms with E-state index in [2.05, 4.69) is 0 Å². The Kier molecular flexibility index (Phi) is 3.59. The Labute approximate surface area is 124 Å². The number of allylic oxidation sites excluding steroid dienone is 1. The Hall–Kier alpha value is -2.01. The SMILES string of the molecule is Cc1ccc(S(=O)(=O)N2CCC/C2=C\c2ccco2)cc1. The van der Waals surface area contributed by atoms with Crippen molar-refractivity contribution in [1.82, 2.24) is 4.31 Å². The van der Waals surface area contributed by atoms with Gasteiger partial charge in [-0.05, 0) is 44.0 Å². The molecule has 5 heteroatoms. The van der Waals surface area contributed by atoms with Crippen LogP contribution in [0.2, 0.25) is 0 Å². The Morgan fingerprint density at radius 2 is 1.95 bits per heavy atom. The van der Waals surface area contributed by atoms with E-state index in [-0.39, 0.29) is 0 Å². The summed E-state index contributed by atoms with van der Waals surface area (Å²) in [6, 6.07) is 10.6. The number of furan rings is 1. The first kappa shape index (κ1) is 13.9. The minimum absolute atomic E-state index is 0.334. The maximum absolute atomic E-state index is 12.7. The van der Waals surface area contributed by atoms with E-state index in [1.54, 1.807) is 30.5 Å². The molecule has 2 aromatic rings. The van der Waals surface area contributed by atoms with E-state index in [1.165, 1.54) is 4.31 Å². The third-order valence-corrected chi connectivity index (χ3v) is 5.44. The van der Waals surface area contributed by atoms with Gasteiger partial charge in [0.1, 0.15) is 5.76 Å². The molecule has 0 spiro atoms. The van der Waals surface area contributed by atoms with Gasteiger partial charge in [-0.1, -0.05) is 17.7 Å². The average molecular weight is 303 g/mol. The van der Waals surface area contributed by atoms with Crippen molar-refractivity contribution in [2.24, 2.45) is 0 Å². The van der Waals surface area contributed by atoms with Crippen LogP contribution in [0.4, 0.5) is 0 Å². The number of nitrogens with zero attached hydrogens (tertiary/aromatic N) is 1. The van der Waals surface area contributed by atoms with Crippen LogP contribution in [-0.2, 0) is 10.0 Å². The fourth-order valence-corrected chi connectivity index (χ4v) is 4.02. The molecule has 1 aromatic carbocycles. The zero-order chi connectivity index (χ0) is 14.9. The average Bonchev–Trinajstić information content (AvgIpc) is 3.11. The number of hydrogen-bond acceptors (Lipinski definition) is 3. The molecule has 0 amide bonds. The van der Waals surface area contributed by atoms with Gasteiger partial charge in [0.2, 0.25) is 0 Å². The normalized spacial score (nSPS) is 17.6. The molecule has 1 aromatic heterocycles. The highest BCUT2D eigenvalue weighted by atomic mass is 32.2. The summed E-state index contributed by atoms with van der Waals surface area (Å²) in [6.45, 7) is 2.46. The molecule has 1 fully saturated rings. The molecular weight excluding hydrogens is 286 g/mol. The van der Waals surface area contributed by atoms with Crippen LogP contribution < -0.4 is 0 Å². The number of aryl methyl sites for hydroxylation is 1. The molecule has 3 rings (SSSR count). The van der Waals surface area contributed by atoms with Crippen LogP contribution in [0.1, 0.15) is 24.2 Å². The van der Waals surface area contributed by atoms with Crippen LogP contribution in [0.3, 0.4) is 0 Å². The molecule has 0 aliphatic carbocycles. The smallest absolute Gasteiger partial charge is 0.264 e. The van der Waals surface area contributed by atoms with Crippen LogP contribution in [0.25, 0.3) is 6.08 Å². The lowest BCUT2D eigenvalue weighted by Gasteiger charge is -2.20. The number of hydrogen-bond donors (Lipinski definition) is 0. The summed E-state index contributed by atoms with van der Waals surface area (Å²) in [6.07, 6.45) is 4.96. The van der Waals surface area contributed by atoms with Gasteiger partial charge in [0, 0.05) is 18.3 Å². The van der Waals surface area contributed by atoms with Crippen LogP contribution in [0.5, 0.6) is 0 Å². The molecular formula is C16H17NO3S. The fourth-order valence-electron chi connectivity index (χ4n) is 2.47. The monoisotopic (exact) mass is 303 g/mol. The predicted molar refractivity (Wildman–Crippen MR) is 81.0 cm³/mol. The third kappa shape index (κ3) is 2.74. The molecule has 4 nitrogen and oxygen atoms in total. The maximum atomic E-state index is 12.7. The van der Waals surface area contributed by atoms with Crippen molar-refractivity contribution in [3.63, 3.8) is 0 Å². The zero-order valence-electron chi connectivity index (χ0n) is 11.8. The second-order valence-corrected chi connectivity index (χ2v) is 7.01. The molecule has 110 valence electrons. The van der Waals surface area contributed by atoms with Crippen LogP contribution in [0, 0.1) is 6.92 Å². The lowest BCUT2D eigenvalue weighted by atomic mass is 10.2. The van der Waals surface area contributed by atoms with Crippen LogP contribution in [-0.4, -0.2) is 19.3 Å². The Morgan fingerprint density at radius 3 is 2.62 bits per heavy atom. The highest BCUT2D eigenvalue weighted by Crippen LogP contribution is 2.30.